The molecule has 0 bridgehead atoms. The quantitative estimate of drug-likeness (QED) is 0.146. The number of fused-ring (bicyclic) bond motifs is 36. The summed E-state index contributed by atoms with van der Waals surface area (Å²) in [5, 5.41) is 0. The van der Waals surface area contributed by atoms with E-state index in [4.69, 9.17) is 18.9 Å². The number of rotatable bonds is 2. The first-order chi connectivity index (χ1) is 50.4. The van der Waals surface area contributed by atoms with Crippen LogP contribution < -0.4 is 0 Å². The highest BCUT2D eigenvalue weighted by Crippen LogP contribution is 2.84. The molecule has 16 saturated carbocycles. The maximum Gasteiger partial charge on any atom is 0.306 e. The summed E-state index contributed by atoms with van der Waals surface area (Å²) in [5.74, 6) is 20.5. The van der Waals surface area contributed by atoms with Gasteiger partial charge in [-0.2, -0.15) is 0 Å². The topological polar surface area (TPSA) is 173 Å². The maximum atomic E-state index is 12.1. The lowest BCUT2D eigenvalue weighted by atomic mass is 9.46. The van der Waals surface area contributed by atoms with Gasteiger partial charge in [0.2, 0.25) is 0 Å². The fourth-order valence-corrected chi connectivity index (χ4v) is 35.5. The molecular formula is C93H120O12. The number of ketones is 4. The van der Waals surface area contributed by atoms with E-state index < -0.39 is 0 Å². The van der Waals surface area contributed by atoms with Crippen LogP contribution in [0.25, 0.3) is 0 Å². The van der Waals surface area contributed by atoms with Gasteiger partial charge >= 0.3 is 23.9 Å². The summed E-state index contributed by atoms with van der Waals surface area (Å²) in [4.78, 5) is 96.2. The van der Waals surface area contributed by atoms with Gasteiger partial charge in [-0.25, -0.2) is 0 Å². The van der Waals surface area contributed by atoms with E-state index in [1.54, 1.807) is 0 Å². The zero-order valence-corrected chi connectivity index (χ0v) is 64.1. The molecule has 20 fully saturated rings. The van der Waals surface area contributed by atoms with Crippen molar-refractivity contribution in [2.24, 2.45) is 181 Å². The van der Waals surface area contributed by atoms with Gasteiger partial charge in [-0.3, -0.25) is 38.4 Å². The molecule has 35 atom stereocenters. The number of hydrogen-bond donors (Lipinski definition) is 0. The molecule has 105 heavy (non-hydrogen) atoms. The van der Waals surface area contributed by atoms with Crippen LogP contribution in [0.2, 0.25) is 0 Å². The van der Waals surface area contributed by atoms with Crippen LogP contribution in [-0.4, -0.2) is 69.4 Å². The highest BCUT2D eigenvalue weighted by atomic mass is 16.6. The maximum absolute atomic E-state index is 12.1. The van der Waals surface area contributed by atoms with Crippen molar-refractivity contribution in [3.8, 4) is 0 Å². The van der Waals surface area contributed by atoms with Gasteiger partial charge in [0.05, 0.1) is 0 Å². The highest BCUT2D eigenvalue weighted by Gasteiger charge is 2.83. The van der Waals surface area contributed by atoms with Gasteiger partial charge in [-0.1, -0.05) is 76.3 Å². The van der Waals surface area contributed by atoms with Gasteiger partial charge < -0.3 is 18.9 Å². The molecule has 24 aliphatic rings. The van der Waals surface area contributed by atoms with E-state index in [0.29, 0.717) is 132 Å². The minimum atomic E-state index is -0.172. The van der Waals surface area contributed by atoms with Gasteiger partial charge in [0.1, 0.15) is 22.4 Å². The summed E-state index contributed by atoms with van der Waals surface area (Å²) in [6.45, 7) is 18.9. The molecule has 564 valence electrons. The minimum Gasteiger partial charge on any atom is -0.458 e. The Morgan fingerprint density at radius 2 is 0.705 bits per heavy atom. The molecule has 12 heteroatoms. The Hall–Kier alpha value is -4.74. The van der Waals surface area contributed by atoms with Crippen molar-refractivity contribution in [2.45, 2.75) is 282 Å². The van der Waals surface area contributed by atoms with E-state index in [1.165, 1.54) is 112 Å². The van der Waals surface area contributed by atoms with E-state index in [2.05, 4.69) is 54.2 Å². The first kappa shape index (κ1) is 68.3. The van der Waals surface area contributed by atoms with Crippen molar-refractivity contribution in [3.05, 3.63) is 59.3 Å². The third-order valence-corrected chi connectivity index (χ3v) is 39.1. The molecule has 20 aliphatic carbocycles. The molecule has 0 amide bonds. The lowest BCUT2D eigenvalue weighted by Crippen LogP contribution is -2.56. The van der Waals surface area contributed by atoms with Crippen LogP contribution in [0.3, 0.4) is 0 Å². The van der Waals surface area contributed by atoms with Gasteiger partial charge in [-0.15, -0.1) is 6.58 Å². The summed E-state index contributed by atoms with van der Waals surface area (Å²) in [6, 6.07) is 0. The number of hydrogen-bond acceptors (Lipinski definition) is 12. The first-order valence-corrected chi connectivity index (χ1v) is 43.9. The van der Waals surface area contributed by atoms with E-state index in [0.717, 1.165) is 180 Å². The molecule has 4 spiro atoms. The Balaban J connectivity index is 0.0000000902. The van der Waals surface area contributed by atoms with Crippen molar-refractivity contribution < 1.29 is 57.3 Å². The summed E-state index contributed by atoms with van der Waals surface area (Å²) < 4.78 is 24.7. The summed E-state index contributed by atoms with van der Waals surface area (Å²) in [6.07, 6.45) is 45.7. The molecule has 4 saturated heterocycles. The molecular weight excluding hydrogens is 1310 g/mol. The molecule has 0 aromatic rings. The molecule has 0 aromatic heterocycles. The summed E-state index contributed by atoms with van der Waals surface area (Å²) >= 11 is 0. The fraction of sp³-hybridized carbons (Fsp3) is 0.806. The lowest BCUT2D eigenvalue weighted by molar-refractivity contribution is -0.177. The van der Waals surface area contributed by atoms with Crippen LogP contribution in [0.5, 0.6) is 0 Å². The predicted molar refractivity (Wildman–Crippen MR) is 393 cm³/mol. The SMILES string of the molecule is C=CC1CC2=CC(=O)CC[C@@H]2C2CC[C@@]3(C)C(C4CC4[C@@]34CCC(=O)O4)C12.CC1CC2=CC(=O)CC[C@@H]2C2CC[C@@]3(C)C(C4CC4[C@@]34CCC(=O)O4)C12.CCC1CC2=CC(=O)CC[C@@H]2C2CC[C@@]3(C)C(C4CC4[C@@]34CCC(=O)O4)C12.C[C@]12CCC3C(CCC4=CC(=O)CC[C@@H]43)C1C1CC1[C@@]21CCC(=O)O1. The third kappa shape index (κ3) is 9.15. The van der Waals surface area contributed by atoms with Crippen LogP contribution in [0.1, 0.15) is 260 Å². The van der Waals surface area contributed by atoms with Crippen molar-refractivity contribution in [1.82, 2.24) is 0 Å². The highest BCUT2D eigenvalue weighted by molar-refractivity contribution is 5.93. The number of allylic oxidation sites excluding steroid dienone is 5. The van der Waals surface area contributed by atoms with Gasteiger partial charge in [-0.05, 0) is 321 Å². The van der Waals surface area contributed by atoms with Gasteiger partial charge in [0, 0.05) is 96.7 Å². The van der Waals surface area contributed by atoms with Crippen molar-refractivity contribution in [1.29, 1.82) is 0 Å². The van der Waals surface area contributed by atoms with E-state index in [9.17, 15) is 38.4 Å². The van der Waals surface area contributed by atoms with Crippen LogP contribution in [0.15, 0.2) is 59.3 Å². The molecule has 0 radical (unpaired) electrons. The zero-order chi connectivity index (χ0) is 71.9. The Bertz CT molecular complexity index is 3980. The van der Waals surface area contributed by atoms with E-state index in [1.807, 2.05) is 24.3 Å². The average molecular weight is 1430 g/mol. The number of carbonyl (C=O) groups is 8. The smallest absolute Gasteiger partial charge is 0.306 e. The molecule has 24 rings (SSSR count). The van der Waals surface area contributed by atoms with Crippen LogP contribution in [0.4, 0.5) is 0 Å². The van der Waals surface area contributed by atoms with Crippen molar-refractivity contribution in [2.75, 3.05) is 0 Å². The van der Waals surface area contributed by atoms with Gasteiger partial charge in [0.25, 0.3) is 0 Å². The second-order valence-electron chi connectivity index (χ2n) is 42.0. The van der Waals surface area contributed by atoms with Crippen LogP contribution in [-0.2, 0) is 57.3 Å². The molecule has 0 aromatic carbocycles. The zero-order valence-electron chi connectivity index (χ0n) is 64.1. The first-order valence-electron chi connectivity index (χ1n) is 43.9. The van der Waals surface area contributed by atoms with Gasteiger partial charge in [0.15, 0.2) is 23.1 Å². The minimum absolute atomic E-state index is 0.0320. The van der Waals surface area contributed by atoms with Crippen molar-refractivity contribution >= 4 is 47.0 Å². The third-order valence-electron chi connectivity index (χ3n) is 39.1. The van der Waals surface area contributed by atoms with E-state index in [-0.39, 0.29) is 67.9 Å². The Labute approximate surface area is 623 Å². The lowest BCUT2D eigenvalue weighted by Gasteiger charge is -2.59. The summed E-state index contributed by atoms with van der Waals surface area (Å²) in [7, 11) is 0. The van der Waals surface area contributed by atoms with Crippen LogP contribution >= 0.6 is 0 Å². The monoisotopic (exact) mass is 1430 g/mol. The van der Waals surface area contributed by atoms with Crippen LogP contribution in [0, 0.1) is 181 Å². The number of ether oxygens (including phenoxy) is 4. The predicted octanol–water partition coefficient (Wildman–Crippen LogP) is 17.5. The molecule has 4 heterocycles. The number of carbonyl (C=O) groups excluding carboxylic acids is 8. The Morgan fingerprint density at radius 1 is 0.362 bits per heavy atom. The van der Waals surface area contributed by atoms with E-state index >= 15 is 0 Å². The molecule has 4 aliphatic heterocycles. The largest absolute Gasteiger partial charge is 0.458 e. The Morgan fingerprint density at radius 3 is 1.11 bits per heavy atom. The standard InChI is InChI=1S/C24H32O3.C24H30O3.C23H30O3.C22H28O3/c2*1-3-13-10-14-11-15(25)4-5-16(14)17-6-8-23(2)22(21(13)17)18-12-19(18)24(23)9-7-20(26)27-24;1-12-9-13-10-14(24)3-4-15(13)16-5-7-22(2)21(20(12)16)17-11-18(17)23(22)8-6-19(25)26-23;1-21-8-6-15-14-5-3-13(23)10-12(14)2-4-16(15)20(21)17-11-18(17)22(21)9-7-19(24)25-22/h11,13,16-19,21-22H,3-10,12H2,1-2H3;3,11,13,16-19,21-22H,1,4-10,12H2,2H3;10,12,15-18,20-21H,3-9,11H2,1-2H3;10,14-18,20H,2-9,11H2,1H3/t2*13?,16-,17?,18?,19?,21?,22?,23-,24-;12?,15-,16?,17?,18?,20?,21?,22-,23-;14-,15?,16?,17?,18?,20?,21-,22-/m0000/s1. The second-order valence-corrected chi connectivity index (χ2v) is 42.0. The average Bonchev–Trinajstić information content (AvgIpc) is 1.51. The summed E-state index contributed by atoms with van der Waals surface area (Å²) in [5.41, 5.74) is 5.98. The Kier molecular flexibility index (Phi) is 15.1. The van der Waals surface area contributed by atoms with Crippen molar-refractivity contribution in [3.63, 3.8) is 0 Å². The molecule has 23 unspecified atom stereocenters. The fourth-order valence-electron chi connectivity index (χ4n) is 35.5. The normalized spacial score (nSPS) is 55.8. The second kappa shape index (κ2) is 23.2. The molecule has 0 N–H and O–H groups in total. The number of esters is 4. The molecule has 12 nitrogen and oxygen atoms in total.